The van der Waals surface area contributed by atoms with Gasteiger partial charge in [0, 0.05) is 49.3 Å². The molecule has 32 heavy (non-hydrogen) atoms. The molecule has 168 valence electrons. The third-order valence-electron chi connectivity index (χ3n) is 5.98. The average Bonchev–Trinajstić information content (AvgIpc) is 3.10. The molecule has 0 spiro atoms. The van der Waals surface area contributed by atoms with E-state index in [0.29, 0.717) is 49.0 Å². The zero-order valence-corrected chi connectivity index (χ0v) is 19.3. The average molecular weight is 454 g/mol. The van der Waals surface area contributed by atoms with E-state index in [4.69, 9.17) is 16.3 Å². The van der Waals surface area contributed by atoms with Crippen LogP contribution in [-0.4, -0.2) is 59.5 Å². The lowest BCUT2D eigenvalue weighted by Crippen LogP contribution is -2.37. The number of halogens is 1. The second kappa shape index (κ2) is 9.65. The molecule has 1 aliphatic heterocycles. The number of rotatable bonds is 2. The Morgan fingerprint density at radius 1 is 1.06 bits per heavy atom. The minimum Gasteiger partial charge on any atom is -0.491 e. The van der Waals surface area contributed by atoms with Crippen molar-refractivity contribution in [1.82, 2.24) is 14.4 Å². The summed E-state index contributed by atoms with van der Waals surface area (Å²) in [5, 5.41) is 1.60. The molecule has 0 unspecified atom stereocenters. The van der Waals surface area contributed by atoms with E-state index in [9.17, 15) is 9.59 Å². The molecule has 6 nitrogen and oxygen atoms in total. The summed E-state index contributed by atoms with van der Waals surface area (Å²) in [6.45, 7) is 2.03. The summed E-state index contributed by atoms with van der Waals surface area (Å²) in [5.74, 6) is 0.475. The second-order valence-electron chi connectivity index (χ2n) is 8.26. The molecular formula is C25H28ClN3O3. The Morgan fingerprint density at radius 2 is 1.84 bits per heavy atom. The summed E-state index contributed by atoms with van der Waals surface area (Å²) in [6.07, 6.45) is 4.03. The van der Waals surface area contributed by atoms with Gasteiger partial charge in [0.15, 0.2) is 0 Å². The Bertz CT molecular complexity index is 1140. The Balaban J connectivity index is 1.51. The lowest BCUT2D eigenvalue weighted by atomic mass is 10.1. The van der Waals surface area contributed by atoms with Crippen molar-refractivity contribution in [3.63, 3.8) is 0 Å². The fraction of sp³-hybridized carbons (Fsp3) is 0.360. The van der Waals surface area contributed by atoms with Gasteiger partial charge in [-0.05, 0) is 42.7 Å². The lowest BCUT2D eigenvalue weighted by molar-refractivity contribution is -0.131. The molecule has 2 heterocycles. The van der Waals surface area contributed by atoms with Gasteiger partial charge in [-0.3, -0.25) is 9.59 Å². The van der Waals surface area contributed by atoms with Crippen LogP contribution in [-0.2, 0) is 18.3 Å². The number of hydrogen-bond acceptors (Lipinski definition) is 3. The fourth-order valence-electron chi connectivity index (χ4n) is 4.22. The summed E-state index contributed by atoms with van der Waals surface area (Å²) in [7, 11) is 3.78. The molecule has 4 rings (SSSR count). The first-order valence-electron chi connectivity index (χ1n) is 10.9. The van der Waals surface area contributed by atoms with Crippen LogP contribution >= 0.6 is 11.6 Å². The van der Waals surface area contributed by atoms with E-state index in [1.165, 1.54) is 0 Å². The molecule has 0 saturated carbocycles. The van der Waals surface area contributed by atoms with E-state index in [0.717, 1.165) is 29.3 Å². The molecule has 0 aliphatic carbocycles. The molecule has 0 radical (unpaired) electrons. The summed E-state index contributed by atoms with van der Waals surface area (Å²) >= 11 is 6.12. The van der Waals surface area contributed by atoms with E-state index in [1.54, 1.807) is 30.1 Å². The fourth-order valence-corrected chi connectivity index (χ4v) is 4.39. The van der Waals surface area contributed by atoms with Crippen LogP contribution < -0.4 is 4.74 Å². The number of ether oxygens (including phenoxy) is 1. The molecule has 0 atom stereocenters. The number of aromatic nitrogens is 1. The van der Waals surface area contributed by atoms with Crippen molar-refractivity contribution in [1.29, 1.82) is 0 Å². The van der Waals surface area contributed by atoms with Crippen LogP contribution in [0.4, 0.5) is 0 Å². The Morgan fingerprint density at radius 3 is 2.69 bits per heavy atom. The molecule has 0 saturated heterocycles. The normalized spacial score (nSPS) is 15.7. The predicted molar refractivity (Wildman–Crippen MR) is 126 cm³/mol. The van der Waals surface area contributed by atoms with Gasteiger partial charge in [-0.15, -0.1) is 0 Å². The summed E-state index contributed by atoms with van der Waals surface area (Å²) in [6, 6.07) is 13.2. The number of benzene rings is 2. The zero-order chi connectivity index (χ0) is 22.7. The van der Waals surface area contributed by atoms with Crippen molar-refractivity contribution in [3.8, 4) is 5.75 Å². The van der Waals surface area contributed by atoms with Crippen molar-refractivity contribution in [2.45, 2.75) is 19.3 Å². The van der Waals surface area contributed by atoms with E-state index < -0.39 is 0 Å². The van der Waals surface area contributed by atoms with E-state index in [2.05, 4.69) is 16.7 Å². The maximum Gasteiger partial charge on any atom is 0.257 e. The highest BCUT2D eigenvalue weighted by atomic mass is 35.5. The van der Waals surface area contributed by atoms with Gasteiger partial charge < -0.3 is 19.1 Å². The van der Waals surface area contributed by atoms with E-state index in [-0.39, 0.29) is 11.8 Å². The molecular weight excluding hydrogens is 426 g/mol. The van der Waals surface area contributed by atoms with Crippen LogP contribution in [0.3, 0.4) is 0 Å². The maximum absolute atomic E-state index is 13.2. The van der Waals surface area contributed by atoms with Gasteiger partial charge in [0.25, 0.3) is 5.91 Å². The molecule has 7 heteroatoms. The standard InChI is InChI=1S/C25H28ClN3O3/c1-27-11-5-6-12-29(13-14-32-23-10-9-19(26)16-21(23)25(27)31)24(30)15-18-17-28(2)22-8-4-3-7-20(18)22/h3-4,7-10,16-17H,5-6,11-15H2,1-2H3. The summed E-state index contributed by atoms with van der Waals surface area (Å²) < 4.78 is 8.00. The van der Waals surface area contributed by atoms with Crippen molar-refractivity contribution in [2.24, 2.45) is 7.05 Å². The first kappa shape index (κ1) is 22.2. The highest BCUT2D eigenvalue weighted by Crippen LogP contribution is 2.25. The van der Waals surface area contributed by atoms with Gasteiger partial charge in [0.2, 0.25) is 5.91 Å². The second-order valence-corrected chi connectivity index (χ2v) is 8.70. The number of para-hydroxylation sites is 1. The molecule has 0 bridgehead atoms. The summed E-state index contributed by atoms with van der Waals surface area (Å²) in [4.78, 5) is 29.6. The van der Waals surface area contributed by atoms with Gasteiger partial charge in [-0.25, -0.2) is 0 Å². The number of nitrogens with zero attached hydrogens (tertiary/aromatic N) is 3. The number of aryl methyl sites for hydroxylation is 1. The number of carbonyl (C=O) groups excluding carboxylic acids is 2. The van der Waals surface area contributed by atoms with Crippen molar-refractivity contribution in [3.05, 3.63) is 64.8 Å². The third kappa shape index (κ3) is 4.75. The van der Waals surface area contributed by atoms with Crippen LogP contribution in [0.15, 0.2) is 48.7 Å². The lowest BCUT2D eigenvalue weighted by Gasteiger charge is -2.26. The van der Waals surface area contributed by atoms with Gasteiger partial charge in [0.1, 0.15) is 12.4 Å². The molecule has 0 fully saturated rings. The van der Waals surface area contributed by atoms with Crippen molar-refractivity contribution >= 4 is 34.3 Å². The van der Waals surface area contributed by atoms with E-state index in [1.807, 2.05) is 30.3 Å². The van der Waals surface area contributed by atoms with Crippen molar-refractivity contribution in [2.75, 3.05) is 33.3 Å². The van der Waals surface area contributed by atoms with Crippen LogP contribution in [0.2, 0.25) is 5.02 Å². The Kier molecular flexibility index (Phi) is 6.70. The summed E-state index contributed by atoms with van der Waals surface area (Å²) in [5.41, 5.74) is 2.61. The first-order valence-corrected chi connectivity index (χ1v) is 11.3. The van der Waals surface area contributed by atoms with Crippen molar-refractivity contribution < 1.29 is 14.3 Å². The number of fused-ring (bicyclic) bond motifs is 2. The molecule has 3 aromatic rings. The number of hydrogen-bond donors (Lipinski definition) is 0. The van der Waals surface area contributed by atoms with Gasteiger partial charge in [0.05, 0.1) is 18.5 Å². The van der Waals surface area contributed by atoms with Crippen LogP contribution in [0, 0.1) is 0 Å². The maximum atomic E-state index is 13.2. The minimum absolute atomic E-state index is 0.0859. The highest BCUT2D eigenvalue weighted by Gasteiger charge is 2.21. The Hall–Kier alpha value is -2.99. The SMILES string of the molecule is CN1CCCCN(C(=O)Cc2cn(C)c3ccccc23)CCOc2ccc(Cl)cc2C1=O. The van der Waals surface area contributed by atoms with Crippen LogP contribution in [0.25, 0.3) is 10.9 Å². The van der Waals surface area contributed by atoms with E-state index >= 15 is 0 Å². The highest BCUT2D eigenvalue weighted by molar-refractivity contribution is 6.31. The minimum atomic E-state index is -0.105. The third-order valence-corrected chi connectivity index (χ3v) is 6.22. The molecule has 0 N–H and O–H groups in total. The van der Waals surface area contributed by atoms with Gasteiger partial charge in [-0.2, -0.15) is 0 Å². The molecule has 1 aliphatic rings. The zero-order valence-electron chi connectivity index (χ0n) is 18.5. The van der Waals surface area contributed by atoms with Gasteiger partial charge >= 0.3 is 0 Å². The quantitative estimate of drug-likeness (QED) is 0.585. The Labute approximate surface area is 193 Å². The first-order chi connectivity index (χ1) is 15.4. The predicted octanol–water partition coefficient (Wildman–Crippen LogP) is 4.15. The molecule has 1 aromatic heterocycles. The monoisotopic (exact) mass is 453 g/mol. The smallest absolute Gasteiger partial charge is 0.257 e. The van der Waals surface area contributed by atoms with Crippen LogP contribution in [0.5, 0.6) is 5.75 Å². The molecule has 2 amide bonds. The number of carbonyl (C=O) groups is 2. The topological polar surface area (TPSA) is 54.8 Å². The number of amides is 2. The molecule has 2 aromatic carbocycles. The van der Waals surface area contributed by atoms with Gasteiger partial charge in [-0.1, -0.05) is 29.8 Å². The largest absolute Gasteiger partial charge is 0.491 e. The van der Waals surface area contributed by atoms with Crippen LogP contribution in [0.1, 0.15) is 28.8 Å².